The fourth-order valence-corrected chi connectivity index (χ4v) is 5.70. The minimum absolute atomic E-state index is 0.0536. The number of carbonyl (C=O) groups is 1. The molecule has 1 aromatic carbocycles. The Labute approximate surface area is 139 Å². The van der Waals surface area contributed by atoms with Crippen molar-refractivity contribution in [2.45, 2.75) is 64.7 Å². The predicted octanol–water partition coefficient (Wildman–Crippen LogP) is 5.32. The fourth-order valence-electron chi connectivity index (χ4n) is 5.70. The third kappa shape index (κ3) is 2.70. The van der Waals surface area contributed by atoms with Gasteiger partial charge in [-0.25, -0.2) is 0 Å². The average Bonchev–Trinajstić information content (AvgIpc) is 2.53. The molecule has 4 fully saturated rings. The lowest BCUT2D eigenvalue weighted by Gasteiger charge is -2.55. The largest absolute Gasteiger partial charge is 0.426 e. The Hall–Kier alpha value is -1.31. The van der Waals surface area contributed by atoms with Crippen LogP contribution in [0.2, 0.25) is 0 Å². The third-order valence-electron chi connectivity index (χ3n) is 6.72. The molecule has 0 amide bonds. The van der Waals surface area contributed by atoms with Crippen molar-refractivity contribution in [2.75, 3.05) is 0 Å². The van der Waals surface area contributed by atoms with Gasteiger partial charge in [-0.15, -0.1) is 0 Å². The van der Waals surface area contributed by atoms with Crippen molar-refractivity contribution in [2.24, 2.45) is 23.2 Å². The Bertz CT molecular complexity index is 568. The van der Waals surface area contributed by atoms with E-state index in [4.69, 9.17) is 4.74 Å². The van der Waals surface area contributed by atoms with Gasteiger partial charge in [-0.1, -0.05) is 26.0 Å². The smallest absolute Gasteiger partial charge is 0.317 e. The van der Waals surface area contributed by atoms with E-state index < -0.39 is 0 Å². The molecule has 23 heavy (non-hydrogen) atoms. The number of hydrogen-bond acceptors (Lipinski definition) is 2. The van der Waals surface area contributed by atoms with Crippen molar-refractivity contribution in [3.63, 3.8) is 0 Å². The second-order valence-corrected chi connectivity index (χ2v) is 8.47. The maximum absolute atomic E-state index is 13.0. The molecule has 4 saturated carbocycles. The van der Waals surface area contributed by atoms with E-state index in [1.165, 1.54) is 24.8 Å². The summed E-state index contributed by atoms with van der Waals surface area (Å²) >= 11 is 0. The van der Waals surface area contributed by atoms with Gasteiger partial charge in [0.15, 0.2) is 0 Å². The quantitative estimate of drug-likeness (QED) is 0.555. The van der Waals surface area contributed by atoms with Gasteiger partial charge in [-0.3, -0.25) is 4.79 Å². The predicted molar refractivity (Wildman–Crippen MR) is 91.4 cm³/mol. The van der Waals surface area contributed by atoms with E-state index in [1.54, 1.807) is 0 Å². The molecule has 4 bridgehead atoms. The van der Waals surface area contributed by atoms with Gasteiger partial charge in [0.05, 0.1) is 5.41 Å². The second kappa shape index (κ2) is 5.65. The Morgan fingerprint density at radius 1 is 1.17 bits per heavy atom. The van der Waals surface area contributed by atoms with Crippen molar-refractivity contribution < 1.29 is 9.53 Å². The summed E-state index contributed by atoms with van der Waals surface area (Å²) in [5.74, 6) is 3.63. The monoisotopic (exact) mass is 312 g/mol. The van der Waals surface area contributed by atoms with E-state index >= 15 is 0 Å². The molecule has 0 spiro atoms. The van der Waals surface area contributed by atoms with E-state index in [1.807, 2.05) is 12.1 Å². The molecule has 4 aliphatic carbocycles. The number of benzene rings is 1. The SMILES string of the molecule is CCC(C)c1cccc(OC(=O)C23CC4CC(CC(C4)C2)C3)c1. The Balaban J connectivity index is 1.52. The molecule has 0 saturated heterocycles. The number of ether oxygens (including phenoxy) is 1. The molecule has 1 unspecified atom stereocenters. The number of rotatable bonds is 4. The standard InChI is InChI=1S/C21H28O2/c1-3-14(2)18-5-4-6-19(10-18)23-20(22)21-11-15-7-16(12-21)9-17(8-15)13-21/h4-6,10,14-17H,3,7-9,11-13H2,1-2H3. The molecule has 0 aromatic heterocycles. The minimum Gasteiger partial charge on any atom is -0.426 e. The van der Waals surface area contributed by atoms with Crippen LogP contribution in [0.4, 0.5) is 0 Å². The van der Waals surface area contributed by atoms with Crippen molar-refractivity contribution in [1.29, 1.82) is 0 Å². The van der Waals surface area contributed by atoms with Crippen LogP contribution in [0.15, 0.2) is 24.3 Å². The highest BCUT2D eigenvalue weighted by molar-refractivity contribution is 5.80. The van der Waals surface area contributed by atoms with E-state index in [0.29, 0.717) is 5.92 Å². The zero-order valence-corrected chi connectivity index (χ0v) is 14.4. The van der Waals surface area contributed by atoms with Crippen molar-refractivity contribution in [1.82, 2.24) is 0 Å². The highest BCUT2D eigenvalue weighted by atomic mass is 16.5. The first-order valence-corrected chi connectivity index (χ1v) is 9.40. The van der Waals surface area contributed by atoms with Crippen LogP contribution in [0.25, 0.3) is 0 Å². The first-order chi connectivity index (χ1) is 11.1. The van der Waals surface area contributed by atoms with Gasteiger partial charge in [0.2, 0.25) is 0 Å². The van der Waals surface area contributed by atoms with E-state index in [2.05, 4.69) is 26.0 Å². The van der Waals surface area contributed by atoms with Crippen LogP contribution in [0, 0.1) is 23.2 Å². The molecule has 0 N–H and O–H groups in total. The van der Waals surface area contributed by atoms with Gasteiger partial charge < -0.3 is 4.74 Å². The van der Waals surface area contributed by atoms with Gasteiger partial charge in [-0.05, 0) is 86.3 Å². The molecule has 1 atom stereocenters. The molecular formula is C21H28O2. The summed E-state index contributed by atoms with van der Waals surface area (Å²) < 4.78 is 5.90. The molecule has 2 nitrogen and oxygen atoms in total. The van der Waals surface area contributed by atoms with E-state index in [-0.39, 0.29) is 11.4 Å². The summed E-state index contributed by atoms with van der Waals surface area (Å²) in [5.41, 5.74) is 1.10. The summed E-state index contributed by atoms with van der Waals surface area (Å²) in [5, 5.41) is 0. The highest BCUT2D eigenvalue weighted by Gasteiger charge is 2.55. The van der Waals surface area contributed by atoms with Crippen molar-refractivity contribution >= 4 is 5.97 Å². The lowest BCUT2D eigenvalue weighted by molar-refractivity contribution is -0.161. The minimum atomic E-state index is -0.166. The van der Waals surface area contributed by atoms with Crippen LogP contribution in [0.1, 0.15) is 70.3 Å². The van der Waals surface area contributed by atoms with Gasteiger partial charge >= 0.3 is 5.97 Å². The normalized spacial score (nSPS) is 36.0. The Morgan fingerprint density at radius 2 is 1.78 bits per heavy atom. The maximum atomic E-state index is 13.0. The second-order valence-electron chi connectivity index (χ2n) is 8.47. The first kappa shape index (κ1) is 15.2. The molecule has 0 heterocycles. The zero-order chi connectivity index (χ0) is 16.0. The fraction of sp³-hybridized carbons (Fsp3) is 0.667. The Morgan fingerprint density at radius 3 is 2.35 bits per heavy atom. The Kier molecular flexibility index (Phi) is 3.74. The van der Waals surface area contributed by atoms with Crippen LogP contribution < -0.4 is 4.74 Å². The van der Waals surface area contributed by atoms with Gasteiger partial charge in [0.1, 0.15) is 5.75 Å². The lowest BCUT2D eigenvalue weighted by Crippen LogP contribution is -2.51. The van der Waals surface area contributed by atoms with Crippen LogP contribution in [0.5, 0.6) is 5.75 Å². The molecule has 0 aliphatic heterocycles. The van der Waals surface area contributed by atoms with Crippen LogP contribution >= 0.6 is 0 Å². The number of carbonyl (C=O) groups excluding carboxylic acids is 1. The zero-order valence-electron chi connectivity index (χ0n) is 14.4. The maximum Gasteiger partial charge on any atom is 0.317 e. The van der Waals surface area contributed by atoms with Crippen LogP contribution in [-0.2, 0) is 4.79 Å². The van der Waals surface area contributed by atoms with Crippen molar-refractivity contribution in [3.8, 4) is 5.75 Å². The number of esters is 1. The lowest BCUT2D eigenvalue weighted by atomic mass is 9.49. The van der Waals surface area contributed by atoms with Crippen LogP contribution in [-0.4, -0.2) is 5.97 Å². The summed E-state index contributed by atoms with van der Waals surface area (Å²) in [4.78, 5) is 13.0. The summed E-state index contributed by atoms with van der Waals surface area (Å²) in [6, 6.07) is 8.15. The highest BCUT2D eigenvalue weighted by Crippen LogP contribution is 2.60. The van der Waals surface area contributed by atoms with Gasteiger partial charge in [0, 0.05) is 0 Å². The van der Waals surface area contributed by atoms with Gasteiger partial charge in [-0.2, -0.15) is 0 Å². The van der Waals surface area contributed by atoms with Gasteiger partial charge in [0.25, 0.3) is 0 Å². The van der Waals surface area contributed by atoms with Crippen molar-refractivity contribution in [3.05, 3.63) is 29.8 Å². The molecule has 5 rings (SSSR count). The van der Waals surface area contributed by atoms with Crippen LogP contribution in [0.3, 0.4) is 0 Å². The first-order valence-electron chi connectivity index (χ1n) is 9.40. The molecule has 124 valence electrons. The third-order valence-corrected chi connectivity index (χ3v) is 6.72. The number of hydrogen-bond donors (Lipinski definition) is 0. The molecule has 4 aliphatic rings. The van der Waals surface area contributed by atoms with E-state index in [0.717, 1.165) is 49.2 Å². The topological polar surface area (TPSA) is 26.3 Å². The molecule has 2 heteroatoms. The van der Waals surface area contributed by atoms with E-state index in [9.17, 15) is 4.79 Å². The molecular weight excluding hydrogens is 284 g/mol. The molecule has 1 aromatic rings. The summed E-state index contributed by atoms with van der Waals surface area (Å²) in [6.07, 6.45) is 8.39. The average molecular weight is 312 g/mol. The summed E-state index contributed by atoms with van der Waals surface area (Å²) in [7, 11) is 0. The summed E-state index contributed by atoms with van der Waals surface area (Å²) in [6.45, 7) is 4.42. The molecule has 0 radical (unpaired) electrons.